The Morgan fingerprint density at radius 2 is 0.694 bits per heavy atom. The van der Waals surface area contributed by atoms with Crippen LogP contribution in [0.4, 0.5) is 105 Å². The fraction of sp³-hybridized carbons (Fsp3) is 0.459. The van der Waals surface area contributed by atoms with Gasteiger partial charge in [0.25, 0.3) is 0 Å². The number of pyridine rings is 2. The summed E-state index contributed by atoms with van der Waals surface area (Å²) < 4.78 is 168. The first-order chi connectivity index (χ1) is 69.3. The van der Waals surface area contributed by atoms with Gasteiger partial charge < -0.3 is 82.3 Å². The number of aromatic nitrogens is 10. The normalized spacial score (nSPS) is 19.8. The lowest BCUT2D eigenvalue weighted by Gasteiger charge is -2.44. The minimum atomic E-state index is -4.83. The second-order valence-corrected chi connectivity index (χ2v) is 35.7. The number of nitriles is 3. The van der Waals surface area contributed by atoms with Crippen LogP contribution in [-0.2, 0) is 39.3 Å². The van der Waals surface area contributed by atoms with Crippen molar-refractivity contribution in [3.8, 4) is 41.2 Å². The molecule has 0 bridgehead atoms. The molecule has 6 aliphatic rings. The molecule has 4 saturated carbocycles. The fourth-order valence-electron chi connectivity index (χ4n) is 17.9. The molecule has 766 valence electrons. The van der Waals surface area contributed by atoms with E-state index in [0.29, 0.717) is 125 Å². The van der Waals surface area contributed by atoms with E-state index in [1.165, 1.54) is 97.0 Å². The molecule has 6 fully saturated rings. The van der Waals surface area contributed by atoms with Crippen molar-refractivity contribution in [2.24, 2.45) is 23.7 Å². The van der Waals surface area contributed by atoms with Crippen LogP contribution in [0, 0.1) is 67.8 Å². The zero-order valence-corrected chi connectivity index (χ0v) is 78.4. The number of hydrogen-bond donors (Lipinski definition) is 12. The molecule has 46 heteroatoms. The molecule has 0 amide bonds. The number of aliphatic hydroxyl groups is 2. The van der Waals surface area contributed by atoms with E-state index in [9.17, 15) is 88.8 Å². The number of hydrogen-bond acceptors (Lipinski definition) is 33. The van der Waals surface area contributed by atoms with Crippen molar-refractivity contribution in [3.05, 3.63) is 231 Å². The third-order valence-electron chi connectivity index (χ3n) is 25.6. The van der Waals surface area contributed by atoms with Crippen LogP contribution in [0.15, 0.2) is 171 Å². The summed E-state index contributed by atoms with van der Waals surface area (Å²) in [7, 11) is 0. The summed E-state index contributed by atoms with van der Waals surface area (Å²) >= 11 is 0. The topological polar surface area (TPSA) is 448 Å². The fourth-order valence-corrected chi connectivity index (χ4v) is 17.9. The molecule has 2 aliphatic heterocycles. The van der Waals surface area contributed by atoms with Crippen molar-refractivity contribution in [3.63, 3.8) is 0 Å². The van der Waals surface area contributed by atoms with Crippen molar-refractivity contribution in [2.75, 3.05) is 94.9 Å². The van der Waals surface area contributed by atoms with Crippen molar-refractivity contribution in [1.29, 1.82) is 15.8 Å². The Morgan fingerprint density at radius 1 is 0.368 bits per heavy atom. The maximum atomic E-state index is 12.7. The molecule has 0 radical (unpaired) electrons. The van der Waals surface area contributed by atoms with Gasteiger partial charge in [-0.25, -0.2) is 19.9 Å². The average Bonchev–Trinajstić information content (AvgIpc) is 0.885. The van der Waals surface area contributed by atoms with E-state index >= 15 is 0 Å². The first-order valence-electron chi connectivity index (χ1n) is 47.5. The quantitative estimate of drug-likeness (QED) is 0.00977. The Hall–Kier alpha value is -14.1. The van der Waals surface area contributed by atoms with Crippen LogP contribution in [0.2, 0.25) is 0 Å². The van der Waals surface area contributed by atoms with Gasteiger partial charge in [-0.15, -0.1) is 52.7 Å². The van der Waals surface area contributed by atoms with Crippen LogP contribution < -0.4 is 72.1 Å². The molecule has 4 aromatic carbocycles. The third kappa shape index (κ3) is 34.9. The molecular weight excluding hydrogens is 1900 g/mol. The average molecular weight is 2010 g/mol. The van der Waals surface area contributed by atoms with E-state index in [1.54, 1.807) is 42.9 Å². The van der Waals surface area contributed by atoms with Gasteiger partial charge in [0.05, 0.1) is 41.4 Å². The van der Waals surface area contributed by atoms with Crippen molar-refractivity contribution in [1.82, 2.24) is 70.3 Å². The van der Waals surface area contributed by atoms with Gasteiger partial charge in [-0.1, -0.05) is 78.9 Å². The number of nitrogens with one attached hydrogen (secondary N) is 10. The van der Waals surface area contributed by atoms with Crippen molar-refractivity contribution in [2.45, 2.75) is 210 Å². The lowest BCUT2D eigenvalue weighted by molar-refractivity contribution is -0.384. The molecular formula is C98H112F12N26O8. The molecule has 10 aromatic rings. The van der Waals surface area contributed by atoms with Gasteiger partial charge in [0, 0.05) is 157 Å². The summed E-state index contributed by atoms with van der Waals surface area (Å²) in [5, 5.41) is 90.7. The number of rotatable bonds is 37. The monoisotopic (exact) mass is 2010 g/mol. The molecule has 4 aliphatic carbocycles. The second kappa shape index (κ2) is 52.2. The number of β-amino-alcohol motifs (C(OH)–C–C–N with tert-alkyl or cyclic N) is 2. The lowest BCUT2D eigenvalue weighted by atomic mass is 9.84. The maximum absolute atomic E-state index is 12.7. The number of anilines is 8. The molecule has 34 nitrogen and oxygen atoms in total. The summed E-state index contributed by atoms with van der Waals surface area (Å²) in [5.74, 6) is 2.33. The predicted molar refractivity (Wildman–Crippen MR) is 510 cm³/mol. The van der Waals surface area contributed by atoms with Crippen LogP contribution in [0.1, 0.15) is 159 Å². The minimum absolute atomic E-state index is 0.0206. The SMILES string of the molecule is N#Cc1cnc(NCc2ccccc2OC(F)(F)F)nc1NCC1CCC(N2CC(O)C2)CC1.N#Cc1cnc(NCc2ccccc2OC(F)(F)F)nc1NCC1CCC(N2CCC(O)C2)CC1.N#Cc1cnc(NCc2ccccc2OC(F)(F)F)nc1NCC1CCC(NCc2ccccn2)CC1.O=[N+]([O-])c1cnc(NCc2ccccc2OC(F)(F)F)nc1NCC1CCC(NCc2ccncc2)CC1. The summed E-state index contributed by atoms with van der Waals surface area (Å²) in [5.41, 5.74) is 3.97. The van der Waals surface area contributed by atoms with Gasteiger partial charge >= 0.3 is 31.1 Å². The maximum Gasteiger partial charge on any atom is 0.573 e. The Balaban J connectivity index is 0.000000161. The first kappa shape index (κ1) is 107. The Bertz CT molecular complexity index is 5860. The van der Waals surface area contributed by atoms with Gasteiger partial charge in [-0.3, -0.25) is 29.9 Å². The molecule has 1 atom stereocenters. The standard InChI is InChI=1S/C26H28F3N7O.C25H28F3N7O3.C24H29F3N6O2.C23H27F3N6O2/c27-26(28,29)37-23-7-2-1-5-19(23)15-34-25-35-16-20(13-30)24(36-25)33-14-18-8-10-21(11-9-18)32-17-22-6-3-4-12-31-22;26-25(27,28)38-22-4-2-1-3-19(22)15-32-24-33-16-21(35(36)37)23(34-24)31-14-17-5-7-20(8-6-17)30-13-18-9-11-29-12-10-18;25-24(26,27)35-21-4-2-1-3-17(21)13-30-23-31-14-18(11-28)22(32-23)29-12-16-5-7-19(8-6-16)33-10-9-20(34)15-33;24-23(25,26)34-20-4-2-1-3-16(20)11-29-22-30-12-17(9-27)21(31-22)28-10-15-5-7-18(8-6-15)32-13-19(33)14-32/h1-7,12,16,18,21,32H,8-11,14-15,17H2,(H2,33,34,35,36);1-4,9-12,16-17,20,30H,5-8,13-15H2,(H2,31,32,33,34);1-4,14,16,19-20,34H,5-10,12-13,15H2,(H2,29,30,31,32);1-4,12,15,18-19,33H,5-8,10-11,13-14H2,(H2,28,29,30,31). The first-order valence-corrected chi connectivity index (χ1v) is 47.5. The van der Waals surface area contributed by atoms with Crippen molar-refractivity contribution >= 4 is 52.8 Å². The van der Waals surface area contributed by atoms with E-state index in [0.717, 1.165) is 160 Å². The Kier molecular flexibility index (Phi) is 38.9. The highest BCUT2D eigenvalue weighted by Gasteiger charge is 2.39. The van der Waals surface area contributed by atoms with Crippen molar-refractivity contribution < 1.29 is 86.8 Å². The molecule has 0 spiro atoms. The summed E-state index contributed by atoms with van der Waals surface area (Å²) in [4.78, 5) is 57.7. The predicted octanol–water partition coefficient (Wildman–Crippen LogP) is 17.5. The summed E-state index contributed by atoms with van der Waals surface area (Å²) in [6.07, 6.45) is 8.54. The number of aliphatic hydroxyl groups excluding tert-OH is 2. The molecule has 2 saturated heterocycles. The van der Waals surface area contributed by atoms with E-state index in [2.05, 4.69) is 150 Å². The van der Waals surface area contributed by atoms with Gasteiger partial charge in [0.15, 0.2) is 0 Å². The number of likely N-dealkylation sites (tertiary alicyclic amines) is 2. The van der Waals surface area contributed by atoms with Crippen LogP contribution >= 0.6 is 0 Å². The van der Waals surface area contributed by atoms with Gasteiger partial charge in [0.1, 0.15) is 81.5 Å². The highest BCUT2D eigenvalue weighted by atomic mass is 19.4. The van der Waals surface area contributed by atoms with Crippen LogP contribution in [0.25, 0.3) is 0 Å². The Labute approximate surface area is 823 Å². The lowest BCUT2D eigenvalue weighted by Crippen LogP contribution is -2.56. The molecule has 8 heterocycles. The number of para-hydroxylation sites is 4. The highest BCUT2D eigenvalue weighted by molar-refractivity contribution is 5.59. The minimum Gasteiger partial charge on any atom is -0.405 e. The number of benzene rings is 4. The number of nitro groups is 1. The van der Waals surface area contributed by atoms with E-state index < -0.39 is 30.4 Å². The number of ether oxygens (including phenoxy) is 4. The molecule has 1 unspecified atom stereocenters. The molecule has 144 heavy (non-hydrogen) atoms. The number of halogens is 12. The number of nitrogens with zero attached hydrogens (tertiary/aromatic N) is 16. The van der Waals surface area contributed by atoms with Crippen LogP contribution in [-0.4, -0.2) is 189 Å². The zero-order chi connectivity index (χ0) is 102. The van der Waals surface area contributed by atoms with Gasteiger partial charge in [0.2, 0.25) is 29.6 Å². The largest absolute Gasteiger partial charge is 0.573 e. The van der Waals surface area contributed by atoms with E-state index in [1.807, 2.05) is 30.3 Å². The summed E-state index contributed by atoms with van der Waals surface area (Å²) in [6, 6.07) is 41.3. The molecule has 16 rings (SSSR count). The molecule has 6 aromatic heterocycles. The van der Waals surface area contributed by atoms with Crippen LogP contribution in [0.3, 0.4) is 0 Å². The smallest absolute Gasteiger partial charge is 0.405 e. The van der Waals surface area contributed by atoms with Gasteiger partial charge in [-0.2, -0.15) is 35.7 Å². The highest BCUT2D eigenvalue weighted by Crippen LogP contribution is 2.38. The van der Waals surface area contributed by atoms with E-state index in [4.69, 9.17) is 0 Å². The van der Waals surface area contributed by atoms with Crippen LogP contribution in [0.5, 0.6) is 23.0 Å². The number of alkyl halides is 12. The molecule has 12 N–H and O–H groups in total. The third-order valence-corrected chi connectivity index (χ3v) is 25.6. The summed E-state index contributed by atoms with van der Waals surface area (Å²) in [6.45, 7) is 7.31. The second-order valence-electron chi connectivity index (χ2n) is 35.7. The Morgan fingerprint density at radius 3 is 1.03 bits per heavy atom. The van der Waals surface area contributed by atoms with E-state index in [-0.39, 0.29) is 102 Å². The zero-order valence-electron chi connectivity index (χ0n) is 78.4. The van der Waals surface area contributed by atoms with Gasteiger partial charge in [-0.05, 0) is 187 Å².